The van der Waals surface area contributed by atoms with Gasteiger partial charge in [-0.1, -0.05) is 6.07 Å². The third-order valence-corrected chi connectivity index (χ3v) is 4.29. The number of carbonyl (C=O) groups excluding carboxylic acids is 2. The Morgan fingerprint density at radius 3 is 2.88 bits per heavy atom. The van der Waals surface area contributed by atoms with Gasteiger partial charge in [0.1, 0.15) is 0 Å². The van der Waals surface area contributed by atoms with Crippen molar-refractivity contribution in [3.8, 4) is 11.5 Å². The maximum atomic E-state index is 12.0. The van der Waals surface area contributed by atoms with Gasteiger partial charge < -0.3 is 29.4 Å². The number of ether oxygens (including phenoxy) is 3. The first-order chi connectivity index (χ1) is 11.6. The van der Waals surface area contributed by atoms with Crippen LogP contribution in [-0.4, -0.2) is 37.9 Å². The lowest BCUT2D eigenvalue weighted by Crippen LogP contribution is -2.42. The summed E-state index contributed by atoms with van der Waals surface area (Å²) in [7, 11) is 0. The molecule has 0 unspecified atom stereocenters. The molecule has 1 fully saturated rings. The summed E-state index contributed by atoms with van der Waals surface area (Å²) in [6.45, 7) is 1.19. The van der Waals surface area contributed by atoms with Crippen LogP contribution in [0.5, 0.6) is 11.5 Å². The van der Waals surface area contributed by atoms with Crippen LogP contribution in [0.3, 0.4) is 0 Å². The highest BCUT2D eigenvalue weighted by Crippen LogP contribution is 2.32. The molecular formula is C17H20NO6-. The van der Waals surface area contributed by atoms with Gasteiger partial charge in [-0.15, -0.1) is 0 Å². The van der Waals surface area contributed by atoms with Crippen LogP contribution in [0.4, 0.5) is 0 Å². The van der Waals surface area contributed by atoms with Gasteiger partial charge in [0.2, 0.25) is 12.7 Å². The van der Waals surface area contributed by atoms with E-state index in [2.05, 4.69) is 5.32 Å². The minimum absolute atomic E-state index is 0.117. The molecule has 3 rings (SSSR count). The summed E-state index contributed by atoms with van der Waals surface area (Å²) in [6.07, 6.45) is 1.56. The SMILES string of the molecule is O=C(C[C@@H](C(=O)[O-])[C@@H]1CCCO1)NCCc1ccc2c(c1)OCO2. The van der Waals surface area contributed by atoms with E-state index in [1.54, 1.807) is 0 Å². The van der Waals surface area contributed by atoms with Gasteiger partial charge in [0.25, 0.3) is 0 Å². The number of nitrogens with one attached hydrogen (secondary N) is 1. The summed E-state index contributed by atoms with van der Waals surface area (Å²) < 4.78 is 15.9. The molecule has 2 aliphatic heterocycles. The Hall–Kier alpha value is -2.28. The van der Waals surface area contributed by atoms with E-state index in [1.165, 1.54) is 0 Å². The minimum Gasteiger partial charge on any atom is -0.550 e. The molecule has 1 aromatic rings. The van der Waals surface area contributed by atoms with Gasteiger partial charge in [-0.3, -0.25) is 4.79 Å². The first kappa shape index (κ1) is 16.6. The van der Waals surface area contributed by atoms with Gasteiger partial charge in [-0.2, -0.15) is 0 Å². The second kappa shape index (κ2) is 7.53. The standard InChI is InChI=1S/C17H21NO6/c19-16(9-12(17(20)21)13-2-1-7-22-13)18-6-5-11-3-4-14-15(8-11)24-10-23-14/h3-4,8,12-13H,1-2,5-7,9-10H2,(H,18,19)(H,20,21)/p-1/t12-,13+/m1/s1. The average molecular weight is 334 g/mol. The summed E-state index contributed by atoms with van der Waals surface area (Å²) in [4.78, 5) is 23.2. The molecule has 0 aliphatic carbocycles. The van der Waals surface area contributed by atoms with Gasteiger partial charge >= 0.3 is 0 Å². The summed E-state index contributed by atoms with van der Waals surface area (Å²) in [6, 6.07) is 5.63. The molecule has 2 aliphatic rings. The molecule has 1 N–H and O–H groups in total. The van der Waals surface area contributed by atoms with Gasteiger partial charge in [-0.25, -0.2) is 0 Å². The number of rotatable bonds is 7. The third-order valence-electron chi connectivity index (χ3n) is 4.29. The number of aliphatic carboxylic acids is 1. The fraction of sp³-hybridized carbons (Fsp3) is 0.529. The van der Waals surface area contributed by atoms with Crippen LogP contribution in [0.2, 0.25) is 0 Å². The fourth-order valence-corrected chi connectivity index (χ4v) is 3.00. The first-order valence-corrected chi connectivity index (χ1v) is 8.11. The number of fused-ring (bicyclic) bond motifs is 1. The zero-order valence-corrected chi connectivity index (χ0v) is 13.3. The predicted octanol–water partition coefficient (Wildman–Crippen LogP) is 0.00920. The monoisotopic (exact) mass is 334 g/mol. The van der Waals surface area contributed by atoms with E-state index in [4.69, 9.17) is 14.2 Å². The van der Waals surface area contributed by atoms with Crippen LogP contribution in [0, 0.1) is 5.92 Å². The van der Waals surface area contributed by atoms with Crippen LogP contribution in [0.1, 0.15) is 24.8 Å². The van der Waals surface area contributed by atoms with Gasteiger partial charge in [-0.05, 0) is 37.0 Å². The predicted molar refractivity (Wildman–Crippen MR) is 81.4 cm³/mol. The van der Waals surface area contributed by atoms with Crippen molar-refractivity contribution in [2.24, 2.45) is 5.92 Å². The number of hydrogen-bond acceptors (Lipinski definition) is 6. The Morgan fingerprint density at radius 1 is 1.29 bits per heavy atom. The molecule has 1 amide bonds. The van der Waals surface area contributed by atoms with Crippen molar-refractivity contribution in [2.75, 3.05) is 19.9 Å². The van der Waals surface area contributed by atoms with E-state index in [9.17, 15) is 14.7 Å². The average Bonchev–Trinajstić information content (AvgIpc) is 3.23. The number of hydrogen-bond donors (Lipinski definition) is 1. The Labute approximate surface area is 139 Å². The van der Waals surface area contributed by atoms with E-state index < -0.39 is 18.0 Å². The highest BCUT2D eigenvalue weighted by molar-refractivity contribution is 5.81. The van der Waals surface area contributed by atoms with Gasteiger partial charge in [0.05, 0.1) is 6.10 Å². The van der Waals surface area contributed by atoms with Crippen molar-refractivity contribution in [1.82, 2.24) is 5.32 Å². The first-order valence-electron chi connectivity index (χ1n) is 8.11. The van der Waals surface area contributed by atoms with E-state index in [-0.39, 0.29) is 19.1 Å². The molecule has 130 valence electrons. The fourth-order valence-electron chi connectivity index (χ4n) is 3.00. The quantitative estimate of drug-likeness (QED) is 0.754. The normalized spacial score (nSPS) is 19.9. The molecule has 0 saturated carbocycles. The van der Waals surface area contributed by atoms with Crippen LogP contribution in [0.15, 0.2) is 18.2 Å². The number of benzene rings is 1. The Balaban J connectivity index is 1.45. The summed E-state index contributed by atoms with van der Waals surface area (Å²) in [5.41, 5.74) is 1.01. The molecule has 2 heterocycles. The molecule has 0 aromatic heterocycles. The number of carboxylic acid groups (broad SMARTS) is 1. The van der Waals surface area contributed by atoms with E-state index in [0.717, 1.165) is 17.7 Å². The molecule has 0 radical (unpaired) electrons. The Morgan fingerprint density at radius 2 is 2.12 bits per heavy atom. The maximum absolute atomic E-state index is 12.0. The molecule has 2 atom stereocenters. The van der Waals surface area contributed by atoms with Crippen molar-refractivity contribution in [2.45, 2.75) is 31.8 Å². The molecule has 7 heteroatoms. The van der Waals surface area contributed by atoms with E-state index >= 15 is 0 Å². The summed E-state index contributed by atoms with van der Waals surface area (Å²) in [5, 5.41) is 14.0. The van der Waals surface area contributed by atoms with Crippen molar-refractivity contribution in [1.29, 1.82) is 0 Å². The van der Waals surface area contributed by atoms with Crippen LogP contribution >= 0.6 is 0 Å². The summed E-state index contributed by atoms with van der Waals surface area (Å²) >= 11 is 0. The second-order valence-corrected chi connectivity index (χ2v) is 5.97. The van der Waals surface area contributed by atoms with Crippen molar-refractivity contribution in [3.63, 3.8) is 0 Å². The maximum Gasteiger partial charge on any atom is 0.231 e. The van der Waals surface area contributed by atoms with Crippen molar-refractivity contribution < 1.29 is 28.9 Å². The zero-order valence-electron chi connectivity index (χ0n) is 13.3. The lowest BCUT2D eigenvalue weighted by atomic mass is 9.96. The van der Waals surface area contributed by atoms with Gasteiger partial charge in [0.15, 0.2) is 11.5 Å². The third kappa shape index (κ3) is 3.97. The topological polar surface area (TPSA) is 96.9 Å². The summed E-state index contributed by atoms with van der Waals surface area (Å²) in [5.74, 6) is -1.00. The van der Waals surface area contributed by atoms with Crippen LogP contribution in [-0.2, 0) is 20.7 Å². The highest BCUT2D eigenvalue weighted by Gasteiger charge is 2.28. The number of amides is 1. The highest BCUT2D eigenvalue weighted by atomic mass is 16.7. The van der Waals surface area contributed by atoms with Gasteiger partial charge in [0, 0.05) is 31.5 Å². The largest absolute Gasteiger partial charge is 0.550 e. The van der Waals surface area contributed by atoms with Crippen LogP contribution < -0.4 is 19.9 Å². The van der Waals surface area contributed by atoms with E-state index in [0.29, 0.717) is 31.7 Å². The lowest BCUT2D eigenvalue weighted by molar-refractivity contribution is -0.314. The number of carboxylic acids is 1. The number of carbonyl (C=O) groups is 2. The minimum atomic E-state index is -1.23. The molecule has 1 saturated heterocycles. The van der Waals surface area contributed by atoms with Crippen molar-refractivity contribution in [3.05, 3.63) is 23.8 Å². The second-order valence-electron chi connectivity index (χ2n) is 5.97. The van der Waals surface area contributed by atoms with Crippen LogP contribution in [0.25, 0.3) is 0 Å². The van der Waals surface area contributed by atoms with Crippen molar-refractivity contribution >= 4 is 11.9 Å². The molecule has 0 spiro atoms. The molecule has 24 heavy (non-hydrogen) atoms. The Kier molecular flexibility index (Phi) is 5.20. The van der Waals surface area contributed by atoms with E-state index in [1.807, 2.05) is 18.2 Å². The zero-order chi connectivity index (χ0) is 16.9. The molecular weight excluding hydrogens is 314 g/mol. The lowest BCUT2D eigenvalue weighted by Gasteiger charge is -2.23. The molecule has 7 nitrogen and oxygen atoms in total. The smallest absolute Gasteiger partial charge is 0.231 e. The molecule has 1 aromatic carbocycles. The Bertz CT molecular complexity index is 611. The molecule has 0 bridgehead atoms.